The van der Waals surface area contributed by atoms with Crippen molar-refractivity contribution in [1.29, 1.82) is 0 Å². The third kappa shape index (κ3) is 5.85. The van der Waals surface area contributed by atoms with Crippen LogP contribution in [0.4, 0.5) is 0 Å². The predicted molar refractivity (Wildman–Crippen MR) is 136 cm³/mol. The van der Waals surface area contributed by atoms with E-state index in [9.17, 15) is 13.2 Å². The van der Waals surface area contributed by atoms with Crippen LogP contribution in [-0.4, -0.2) is 42.3 Å². The van der Waals surface area contributed by atoms with Crippen LogP contribution in [0.15, 0.2) is 47.4 Å². The highest BCUT2D eigenvalue weighted by atomic mass is 32.2. The average Bonchev–Trinajstić information content (AvgIpc) is 3.16. The summed E-state index contributed by atoms with van der Waals surface area (Å²) in [6.45, 7) is 7.02. The van der Waals surface area contributed by atoms with Crippen molar-refractivity contribution in [2.75, 3.05) is 14.1 Å². The molecule has 184 valence electrons. The number of rotatable bonds is 11. The second kappa shape index (κ2) is 11.1. The van der Waals surface area contributed by atoms with Gasteiger partial charge in [-0.2, -0.15) is 0 Å². The minimum atomic E-state index is -3.54. The van der Waals surface area contributed by atoms with E-state index in [1.807, 2.05) is 13.0 Å². The summed E-state index contributed by atoms with van der Waals surface area (Å²) in [7, 11) is -0.505. The van der Waals surface area contributed by atoms with E-state index >= 15 is 0 Å². The van der Waals surface area contributed by atoms with Crippen molar-refractivity contribution >= 4 is 27.0 Å². The number of amides is 1. The molecule has 0 saturated carbocycles. The number of imidazole rings is 1. The number of hydrogen-bond donors (Lipinski definition) is 1. The van der Waals surface area contributed by atoms with Gasteiger partial charge in [-0.3, -0.25) is 4.79 Å². The number of nitrogens with one attached hydrogen (secondary N) is 1. The van der Waals surface area contributed by atoms with E-state index in [-0.39, 0.29) is 16.8 Å². The largest absolute Gasteiger partial charge is 0.349 e. The number of carbonyl (C=O) groups is 1. The maximum absolute atomic E-state index is 12.8. The Labute approximate surface area is 203 Å². The van der Waals surface area contributed by atoms with Crippen LogP contribution < -0.4 is 5.32 Å². The maximum Gasteiger partial charge on any atom is 0.242 e. The minimum absolute atomic E-state index is 0.0163. The summed E-state index contributed by atoms with van der Waals surface area (Å²) < 4.78 is 28.4. The van der Waals surface area contributed by atoms with Gasteiger partial charge in [-0.05, 0) is 43.5 Å². The van der Waals surface area contributed by atoms with Crippen molar-refractivity contribution in [2.45, 2.75) is 70.4 Å². The molecule has 0 aliphatic rings. The van der Waals surface area contributed by atoms with Gasteiger partial charge in [0.1, 0.15) is 5.82 Å². The first kappa shape index (κ1) is 25.9. The van der Waals surface area contributed by atoms with Crippen molar-refractivity contribution in [3.05, 3.63) is 59.4 Å². The van der Waals surface area contributed by atoms with Crippen molar-refractivity contribution in [3.63, 3.8) is 0 Å². The number of carbonyl (C=O) groups excluding carboxylic acids is 1. The molecule has 2 aromatic carbocycles. The van der Waals surface area contributed by atoms with Crippen molar-refractivity contribution < 1.29 is 13.2 Å². The molecule has 0 saturated heterocycles. The van der Waals surface area contributed by atoms with Crippen LogP contribution in [-0.2, 0) is 27.8 Å². The number of fused-ring (bicyclic) bond motifs is 1. The molecule has 8 heteroatoms. The lowest BCUT2D eigenvalue weighted by Gasteiger charge is -2.18. The zero-order chi connectivity index (χ0) is 24.9. The van der Waals surface area contributed by atoms with E-state index < -0.39 is 10.0 Å². The van der Waals surface area contributed by atoms with Crippen LogP contribution in [0.25, 0.3) is 11.0 Å². The summed E-state index contributed by atoms with van der Waals surface area (Å²) >= 11 is 0. The van der Waals surface area contributed by atoms with Gasteiger partial charge < -0.3 is 9.88 Å². The topological polar surface area (TPSA) is 84.3 Å². The first-order valence-electron chi connectivity index (χ1n) is 11.9. The smallest absolute Gasteiger partial charge is 0.242 e. The van der Waals surface area contributed by atoms with E-state index in [0.29, 0.717) is 18.4 Å². The molecule has 0 aliphatic carbocycles. The van der Waals surface area contributed by atoms with Crippen LogP contribution in [0.2, 0.25) is 0 Å². The molecule has 3 aromatic rings. The number of nitrogens with zero attached hydrogens (tertiary/aromatic N) is 3. The maximum atomic E-state index is 12.8. The normalized spacial score (nSPS) is 12.9. The molecular weight excluding hydrogens is 448 g/mol. The minimum Gasteiger partial charge on any atom is -0.349 e. The molecule has 1 atom stereocenters. The van der Waals surface area contributed by atoms with Crippen LogP contribution in [0.1, 0.15) is 62.5 Å². The Kier molecular flexibility index (Phi) is 8.49. The van der Waals surface area contributed by atoms with Crippen molar-refractivity contribution in [2.24, 2.45) is 0 Å². The Morgan fingerprint density at radius 1 is 1.12 bits per heavy atom. The summed E-state index contributed by atoms with van der Waals surface area (Å²) in [5.41, 5.74) is 3.83. The van der Waals surface area contributed by atoms with E-state index in [4.69, 9.17) is 4.98 Å². The molecule has 1 aromatic heterocycles. The summed E-state index contributed by atoms with van der Waals surface area (Å²) in [5.74, 6) is 0.791. The first-order chi connectivity index (χ1) is 16.2. The van der Waals surface area contributed by atoms with Gasteiger partial charge in [0.25, 0.3) is 0 Å². The lowest BCUT2D eigenvalue weighted by Crippen LogP contribution is -2.28. The Bertz CT molecular complexity index is 1230. The molecule has 1 unspecified atom stereocenters. The fourth-order valence-electron chi connectivity index (χ4n) is 4.00. The molecule has 0 radical (unpaired) electrons. The quantitative estimate of drug-likeness (QED) is 0.431. The molecule has 0 bridgehead atoms. The zero-order valence-corrected chi connectivity index (χ0v) is 21.7. The van der Waals surface area contributed by atoms with Gasteiger partial charge in [0, 0.05) is 33.5 Å². The molecule has 1 amide bonds. The predicted octanol–water partition coefficient (Wildman–Crippen LogP) is 4.60. The summed E-state index contributed by atoms with van der Waals surface area (Å²) in [6.07, 6.45) is 3.63. The van der Waals surface area contributed by atoms with Gasteiger partial charge in [-0.1, -0.05) is 50.1 Å². The molecule has 7 nitrogen and oxygen atoms in total. The van der Waals surface area contributed by atoms with Gasteiger partial charge in [0.15, 0.2) is 0 Å². The van der Waals surface area contributed by atoms with E-state index in [1.54, 1.807) is 12.1 Å². The lowest BCUT2D eigenvalue weighted by atomic mass is 10.0. The second-order valence-corrected chi connectivity index (χ2v) is 11.1. The van der Waals surface area contributed by atoms with Gasteiger partial charge in [-0.15, -0.1) is 0 Å². The van der Waals surface area contributed by atoms with Crippen LogP contribution in [0, 0.1) is 6.92 Å². The van der Waals surface area contributed by atoms with Crippen molar-refractivity contribution in [1.82, 2.24) is 19.2 Å². The molecule has 0 aliphatic heterocycles. The monoisotopic (exact) mass is 484 g/mol. The number of hydrogen-bond acceptors (Lipinski definition) is 4. The lowest BCUT2D eigenvalue weighted by molar-refractivity contribution is -0.121. The highest BCUT2D eigenvalue weighted by Crippen LogP contribution is 2.24. The summed E-state index contributed by atoms with van der Waals surface area (Å²) in [4.78, 5) is 17.8. The Morgan fingerprint density at radius 2 is 1.82 bits per heavy atom. The van der Waals surface area contributed by atoms with Crippen molar-refractivity contribution in [3.8, 4) is 0 Å². The molecule has 0 spiro atoms. The summed E-state index contributed by atoms with van der Waals surface area (Å²) in [6, 6.07) is 13.3. The summed E-state index contributed by atoms with van der Waals surface area (Å²) in [5, 5.41) is 3.15. The molecule has 3 rings (SSSR count). The fraction of sp³-hybridized carbons (Fsp3) is 0.462. The van der Waals surface area contributed by atoms with Gasteiger partial charge in [-0.25, -0.2) is 17.7 Å². The highest BCUT2D eigenvalue weighted by Gasteiger charge is 2.20. The Balaban J connectivity index is 1.80. The van der Waals surface area contributed by atoms with Gasteiger partial charge >= 0.3 is 0 Å². The number of aromatic nitrogens is 2. The number of unbranched alkanes of at least 4 members (excludes halogenated alkanes) is 1. The molecule has 1 N–H and O–H groups in total. The van der Waals surface area contributed by atoms with Gasteiger partial charge in [0.05, 0.1) is 22.0 Å². The Hall–Kier alpha value is -2.71. The van der Waals surface area contributed by atoms with E-state index in [2.05, 4.69) is 48.0 Å². The van der Waals surface area contributed by atoms with Gasteiger partial charge in [0.2, 0.25) is 15.9 Å². The molecule has 0 fully saturated rings. The van der Waals surface area contributed by atoms with E-state index in [0.717, 1.165) is 42.7 Å². The molecular formula is C26H36N4O3S. The zero-order valence-electron chi connectivity index (χ0n) is 20.8. The average molecular weight is 485 g/mol. The van der Waals surface area contributed by atoms with E-state index in [1.165, 1.54) is 24.0 Å². The SMILES string of the molecule is CCCCn1c(CCC(=O)NC(CC)c2ccc(C)cc2)nc2cc(S(=O)(=O)N(C)C)ccc21. The second-order valence-electron chi connectivity index (χ2n) is 8.91. The van der Waals surface area contributed by atoms with Crippen LogP contribution in [0.3, 0.4) is 0 Å². The third-order valence-electron chi connectivity index (χ3n) is 6.11. The number of benzene rings is 2. The first-order valence-corrected chi connectivity index (χ1v) is 13.4. The number of sulfonamides is 1. The van der Waals surface area contributed by atoms with Crippen LogP contribution in [0.5, 0.6) is 0 Å². The number of aryl methyl sites for hydroxylation is 3. The molecule has 1 heterocycles. The highest BCUT2D eigenvalue weighted by molar-refractivity contribution is 7.89. The Morgan fingerprint density at radius 3 is 2.44 bits per heavy atom. The fourth-order valence-corrected chi connectivity index (χ4v) is 4.92. The van der Waals surface area contributed by atoms with Crippen LogP contribution >= 0.6 is 0 Å². The molecule has 34 heavy (non-hydrogen) atoms. The standard InChI is InChI=1S/C26H36N4O3S/c1-6-8-17-30-24-14-13-21(34(32,33)29(4)5)18-23(24)27-25(30)15-16-26(31)28-22(7-2)20-11-9-19(3)10-12-20/h9-14,18,22H,6-8,15-17H2,1-5H3,(H,28,31). The third-order valence-corrected chi connectivity index (χ3v) is 7.92.